The Morgan fingerprint density at radius 3 is 2.56 bits per heavy atom. The van der Waals surface area contributed by atoms with Crippen molar-refractivity contribution in [3.05, 3.63) is 54.3 Å². The zero-order chi connectivity index (χ0) is 18.8. The van der Waals surface area contributed by atoms with Gasteiger partial charge in [0, 0.05) is 18.7 Å². The molecule has 0 unspecified atom stereocenters. The highest BCUT2D eigenvalue weighted by molar-refractivity contribution is 5.84. The Hall–Kier alpha value is -2.69. The molecule has 0 radical (unpaired) electrons. The summed E-state index contributed by atoms with van der Waals surface area (Å²) in [5.74, 6) is 0.504. The lowest BCUT2D eigenvalue weighted by molar-refractivity contribution is -0.133. The predicted molar refractivity (Wildman–Crippen MR) is 105 cm³/mol. The molecule has 0 atom stereocenters. The molecule has 5 heteroatoms. The van der Waals surface area contributed by atoms with Gasteiger partial charge in [-0.3, -0.25) is 4.79 Å². The van der Waals surface area contributed by atoms with Gasteiger partial charge < -0.3 is 9.47 Å². The van der Waals surface area contributed by atoms with Gasteiger partial charge in [-0.15, -0.1) is 0 Å². The molecule has 0 aliphatic heterocycles. The highest BCUT2D eigenvalue weighted by Gasteiger charge is 2.23. The maximum Gasteiger partial charge on any atom is 0.242 e. The number of amides is 1. The Kier molecular flexibility index (Phi) is 4.92. The lowest BCUT2D eigenvalue weighted by Crippen LogP contribution is -2.40. The smallest absolute Gasteiger partial charge is 0.242 e. The van der Waals surface area contributed by atoms with Crippen LogP contribution < -0.4 is 0 Å². The summed E-state index contributed by atoms with van der Waals surface area (Å²) in [6.07, 6.45) is 5.81. The number of rotatable bonds is 4. The number of imidazole rings is 1. The maximum atomic E-state index is 13.3. The van der Waals surface area contributed by atoms with Crippen LogP contribution in [0.3, 0.4) is 0 Å². The lowest BCUT2D eigenvalue weighted by atomic mass is 9.94. The molecule has 1 saturated carbocycles. The van der Waals surface area contributed by atoms with E-state index in [0.29, 0.717) is 11.9 Å². The first-order chi connectivity index (χ1) is 13.1. The summed E-state index contributed by atoms with van der Waals surface area (Å²) in [4.78, 5) is 19.6. The second-order valence-electron chi connectivity index (χ2n) is 7.31. The van der Waals surface area contributed by atoms with Crippen LogP contribution in [0.1, 0.15) is 32.1 Å². The third kappa shape index (κ3) is 3.59. The van der Waals surface area contributed by atoms with Crippen LogP contribution in [-0.2, 0) is 11.3 Å². The number of nitrogens with zero attached hydrogens (tertiary/aromatic N) is 3. The van der Waals surface area contributed by atoms with Crippen LogP contribution in [0.4, 0.5) is 4.39 Å². The SMILES string of the molecule is CN(C(=O)Cn1c(-c2ccc(F)cc2)nc2ccccc21)C1CCCCC1. The number of likely N-dealkylation sites (N-methyl/N-ethyl adjacent to an activating group) is 1. The Balaban J connectivity index is 1.68. The van der Waals surface area contributed by atoms with Gasteiger partial charge in [0.2, 0.25) is 5.91 Å². The van der Waals surface area contributed by atoms with Crippen molar-refractivity contribution in [1.29, 1.82) is 0 Å². The number of carbonyl (C=O) groups is 1. The van der Waals surface area contributed by atoms with Crippen molar-refractivity contribution in [2.45, 2.75) is 44.7 Å². The van der Waals surface area contributed by atoms with Gasteiger partial charge in [-0.1, -0.05) is 31.4 Å². The van der Waals surface area contributed by atoms with Gasteiger partial charge in [0.25, 0.3) is 0 Å². The van der Waals surface area contributed by atoms with Gasteiger partial charge >= 0.3 is 0 Å². The van der Waals surface area contributed by atoms with E-state index in [9.17, 15) is 9.18 Å². The Labute approximate surface area is 158 Å². The summed E-state index contributed by atoms with van der Waals surface area (Å²) >= 11 is 0. The number of hydrogen-bond acceptors (Lipinski definition) is 2. The molecule has 27 heavy (non-hydrogen) atoms. The fraction of sp³-hybridized carbons (Fsp3) is 0.364. The second kappa shape index (κ2) is 7.51. The molecule has 4 rings (SSSR count). The lowest BCUT2D eigenvalue weighted by Gasteiger charge is -2.31. The number of hydrogen-bond donors (Lipinski definition) is 0. The fourth-order valence-corrected chi connectivity index (χ4v) is 3.97. The summed E-state index contributed by atoms with van der Waals surface area (Å²) in [6, 6.07) is 14.4. The van der Waals surface area contributed by atoms with Crippen molar-refractivity contribution >= 4 is 16.9 Å². The number of carbonyl (C=O) groups excluding carboxylic acids is 1. The van der Waals surface area contributed by atoms with Crippen LogP contribution in [0, 0.1) is 5.82 Å². The van der Waals surface area contributed by atoms with Crippen molar-refractivity contribution in [3.8, 4) is 11.4 Å². The molecule has 1 heterocycles. The van der Waals surface area contributed by atoms with Crippen LogP contribution in [0.2, 0.25) is 0 Å². The molecule has 1 aromatic heterocycles. The Bertz CT molecular complexity index is 942. The normalized spacial score (nSPS) is 15.2. The number of fused-ring (bicyclic) bond motifs is 1. The molecule has 1 amide bonds. The zero-order valence-corrected chi connectivity index (χ0v) is 15.6. The van der Waals surface area contributed by atoms with E-state index in [2.05, 4.69) is 0 Å². The quantitative estimate of drug-likeness (QED) is 0.676. The van der Waals surface area contributed by atoms with Crippen LogP contribution in [-0.4, -0.2) is 33.4 Å². The molecule has 0 spiro atoms. The monoisotopic (exact) mass is 365 g/mol. The molecule has 0 saturated heterocycles. The van der Waals surface area contributed by atoms with E-state index in [1.807, 2.05) is 40.8 Å². The molecule has 0 bridgehead atoms. The van der Waals surface area contributed by atoms with Crippen LogP contribution >= 0.6 is 0 Å². The molecular formula is C22H24FN3O. The first-order valence-electron chi connectivity index (χ1n) is 9.60. The van der Waals surface area contributed by atoms with E-state index < -0.39 is 0 Å². The summed E-state index contributed by atoms with van der Waals surface area (Å²) < 4.78 is 15.3. The maximum absolute atomic E-state index is 13.3. The van der Waals surface area contributed by atoms with Crippen molar-refractivity contribution in [1.82, 2.24) is 14.5 Å². The Morgan fingerprint density at radius 1 is 1.11 bits per heavy atom. The van der Waals surface area contributed by atoms with Gasteiger partial charge in [-0.25, -0.2) is 9.37 Å². The van der Waals surface area contributed by atoms with E-state index in [-0.39, 0.29) is 18.3 Å². The van der Waals surface area contributed by atoms with Gasteiger partial charge in [0.05, 0.1) is 11.0 Å². The summed E-state index contributed by atoms with van der Waals surface area (Å²) in [5, 5.41) is 0. The van der Waals surface area contributed by atoms with E-state index in [1.54, 1.807) is 12.1 Å². The average molecular weight is 365 g/mol. The van der Waals surface area contributed by atoms with E-state index in [4.69, 9.17) is 4.98 Å². The predicted octanol–water partition coefficient (Wildman–Crippen LogP) is 4.63. The summed E-state index contributed by atoms with van der Waals surface area (Å²) in [7, 11) is 1.91. The first kappa shape index (κ1) is 17.7. The van der Waals surface area contributed by atoms with Gasteiger partial charge in [-0.05, 0) is 49.2 Å². The zero-order valence-electron chi connectivity index (χ0n) is 15.6. The number of benzene rings is 2. The molecule has 1 aliphatic carbocycles. The van der Waals surface area contributed by atoms with Crippen molar-refractivity contribution < 1.29 is 9.18 Å². The van der Waals surface area contributed by atoms with Crippen molar-refractivity contribution in [2.24, 2.45) is 0 Å². The van der Waals surface area contributed by atoms with E-state index >= 15 is 0 Å². The highest BCUT2D eigenvalue weighted by atomic mass is 19.1. The first-order valence-corrected chi connectivity index (χ1v) is 9.60. The molecule has 3 aromatic rings. The second-order valence-corrected chi connectivity index (χ2v) is 7.31. The van der Waals surface area contributed by atoms with Gasteiger partial charge in [-0.2, -0.15) is 0 Å². The molecule has 140 valence electrons. The topological polar surface area (TPSA) is 38.1 Å². The third-order valence-electron chi connectivity index (χ3n) is 5.57. The van der Waals surface area contributed by atoms with E-state index in [0.717, 1.165) is 29.4 Å². The molecule has 2 aromatic carbocycles. The van der Waals surface area contributed by atoms with Gasteiger partial charge in [0.1, 0.15) is 18.2 Å². The molecular weight excluding hydrogens is 341 g/mol. The minimum atomic E-state index is -0.283. The molecule has 1 fully saturated rings. The third-order valence-corrected chi connectivity index (χ3v) is 5.57. The van der Waals surface area contributed by atoms with Crippen molar-refractivity contribution in [3.63, 3.8) is 0 Å². The molecule has 4 nitrogen and oxygen atoms in total. The summed E-state index contributed by atoms with van der Waals surface area (Å²) in [5.41, 5.74) is 2.56. The highest BCUT2D eigenvalue weighted by Crippen LogP contribution is 2.26. The minimum absolute atomic E-state index is 0.0911. The standard InChI is InChI=1S/C22H24FN3O/c1-25(18-7-3-2-4-8-18)21(27)15-26-20-10-6-5-9-19(20)24-22(26)16-11-13-17(23)14-12-16/h5-6,9-14,18H,2-4,7-8,15H2,1H3. The van der Waals surface area contributed by atoms with Crippen LogP contribution in [0.15, 0.2) is 48.5 Å². The average Bonchev–Trinajstić information content (AvgIpc) is 3.07. The summed E-state index contributed by atoms with van der Waals surface area (Å²) in [6.45, 7) is 0.236. The van der Waals surface area contributed by atoms with E-state index in [1.165, 1.54) is 31.4 Å². The largest absolute Gasteiger partial charge is 0.341 e. The number of para-hydroxylation sites is 2. The fourth-order valence-electron chi connectivity index (χ4n) is 3.97. The van der Waals surface area contributed by atoms with Crippen molar-refractivity contribution in [2.75, 3.05) is 7.05 Å². The van der Waals surface area contributed by atoms with Crippen LogP contribution in [0.25, 0.3) is 22.4 Å². The van der Waals surface area contributed by atoms with Gasteiger partial charge in [0.15, 0.2) is 0 Å². The Morgan fingerprint density at radius 2 is 1.81 bits per heavy atom. The molecule has 0 N–H and O–H groups in total. The number of aromatic nitrogens is 2. The number of halogens is 1. The minimum Gasteiger partial charge on any atom is -0.341 e. The molecule has 1 aliphatic rings. The van der Waals surface area contributed by atoms with Crippen LogP contribution in [0.5, 0.6) is 0 Å².